The summed E-state index contributed by atoms with van der Waals surface area (Å²) in [5, 5.41) is 3.73. The molecule has 0 heterocycles. The Morgan fingerprint density at radius 3 is 2.15 bits per heavy atom. The monoisotopic (exact) mass is 183 g/mol. The van der Waals surface area contributed by atoms with Crippen molar-refractivity contribution in [3.63, 3.8) is 0 Å². The van der Waals surface area contributed by atoms with Gasteiger partial charge >= 0.3 is 0 Å². The normalized spacial score (nSPS) is 26.5. The smallest absolute Gasteiger partial charge is 0.00951 e. The van der Waals surface area contributed by atoms with E-state index < -0.39 is 0 Å². The highest BCUT2D eigenvalue weighted by molar-refractivity contribution is 4.97. The van der Waals surface area contributed by atoms with E-state index in [9.17, 15) is 0 Å². The Morgan fingerprint density at radius 2 is 1.77 bits per heavy atom. The van der Waals surface area contributed by atoms with Crippen LogP contribution < -0.4 is 5.32 Å². The Kier molecular flexibility index (Phi) is 3.39. The molecule has 1 fully saturated rings. The van der Waals surface area contributed by atoms with Gasteiger partial charge in [0.15, 0.2) is 0 Å². The van der Waals surface area contributed by atoms with E-state index in [1.54, 1.807) is 0 Å². The summed E-state index contributed by atoms with van der Waals surface area (Å²) in [6, 6.07) is 1.36. The quantitative estimate of drug-likeness (QED) is 0.690. The van der Waals surface area contributed by atoms with Gasteiger partial charge in [0, 0.05) is 12.1 Å². The molecule has 0 aromatic carbocycles. The highest BCUT2D eigenvalue weighted by Gasteiger charge is 2.42. The van der Waals surface area contributed by atoms with Gasteiger partial charge in [-0.2, -0.15) is 0 Å². The maximum atomic E-state index is 3.73. The van der Waals surface area contributed by atoms with E-state index in [0.29, 0.717) is 17.5 Å². The Morgan fingerprint density at radius 1 is 1.23 bits per heavy atom. The van der Waals surface area contributed by atoms with Gasteiger partial charge in [0.2, 0.25) is 0 Å². The lowest BCUT2D eigenvalue weighted by Gasteiger charge is -2.28. The third kappa shape index (κ3) is 2.70. The molecule has 1 heteroatoms. The molecule has 1 rings (SSSR count). The van der Waals surface area contributed by atoms with Crippen LogP contribution in [-0.4, -0.2) is 12.1 Å². The van der Waals surface area contributed by atoms with Crippen LogP contribution in [0.1, 0.15) is 53.9 Å². The number of hydrogen-bond donors (Lipinski definition) is 1. The first-order valence-corrected chi connectivity index (χ1v) is 5.75. The lowest BCUT2D eigenvalue weighted by molar-refractivity contribution is 0.296. The summed E-state index contributed by atoms with van der Waals surface area (Å²) in [6.07, 6.45) is 4.10. The first kappa shape index (κ1) is 11.0. The lowest BCUT2D eigenvalue weighted by atomic mass is 9.95. The third-order valence-electron chi connectivity index (χ3n) is 4.09. The van der Waals surface area contributed by atoms with Crippen molar-refractivity contribution < 1.29 is 0 Å². The zero-order valence-electron chi connectivity index (χ0n) is 9.85. The molecule has 0 aliphatic heterocycles. The Hall–Kier alpha value is -0.0400. The van der Waals surface area contributed by atoms with Crippen LogP contribution >= 0.6 is 0 Å². The number of rotatable bonds is 5. The molecule has 3 unspecified atom stereocenters. The highest BCUT2D eigenvalue weighted by Crippen LogP contribution is 2.48. The zero-order valence-corrected chi connectivity index (χ0v) is 9.85. The number of nitrogens with one attached hydrogen (secondary N) is 1. The Balaban J connectivity index is 2.31. The topological polar surface area (TPSA) is 12.0 Å². The molecule has 0 aromatic heterocycles. The minimum Gasteiger partial charge on any atom is -0.311 e. The Bertz CT molecular complexity index is 161. The third-order valence-corrected chi connectivity index (χ3v) is 4.09. The largest absolute Gasteiger partial charge is 0.311 e. The summed E-state index contributed by atoms with van der Waals surface area (Å²) < 4.78 is 0. The number of hydrogen-bond acceptors (Lipinski definition) is 1. The summed E-state index contributed by atoms with van der Waals surface area (Å²) in [5.74, 6) is 0.796. The average Bonchev–Trinajstić information content (AvgIpc) is 2.83. The van der Waals surface area contributed by atoms with E-state index in [2.05, 4.69) is 39.9 Å². The fraction of sp³-hybridized carbons (Fsp3) is 1.00. The standard InChI is InChI=1S/C12H25N/c1-6-9(2)10(3)13-11(4)12(5)7-8-12/h9-11,13H,6-8H2,1-5H3. The van der Waals surface area contributed by atoms with Crippen molar-refractivity contribution in [2.24, 2.45) is 11.3 Å². The van der Waals surface area contributed by atoms with E-state index in [0.717, 1.165) is 5.92 Å². The summed E-state index contributed by atoms with van der Waals surface area (Å²) >= 11 is 0. The van der Waals surface area contributed by atoms with Crippen LogP contribution in [0.15, 0.2) is 0 Å². The van der Waals surface area contributed by atoms with Crippen molar-refractivity contribution in [2.75, 3.05) is 0 Å². The Labute approximate surface area is 83.3 Å². The van der Waals surface area contributed by atoms with Gasteiger partial charge in [-0.25, -0.2) is 0 Å². The second kappa shape index (κ2) is 4.00. The van der Waals surface area contributed by atoms with Crippen LogP contribution in [0.3, 0.4) is 0 Å². The molecular weight excluding hydrogens is 158 g/mol. The minimum absolute atomic E-state index is 0.613. The molecule has 0 bridgehead atoms. The minimum atomic E-state index is 0.613. The average molecular weight is 183 g/mol. The van der Waals surface area contributed by atoms with Crippen molar-refractivity contribution >= 4 is 0 Å². The first-order valence-electron chi connectivity index (χ1n) is 5.75. The molecule has 1 N–H and O–H groups in total. The van der Waals surface area contributed by atoms with Crippen LogP contribution in [0.4, 0.5) is 0 Å². The van der Waals surface area contributed by atoms with E-state index >= 15 is 0 Å². The molecule has 0 spiro atoms. The second-order valence-electron chi connectivity index (χ2n) is 5.22. The molecular formula is C12H25N. The molecule has 0 saturated heterocycles. The van der Waals surface area contributed by atoms with Crippen molar-refractivity contribution in [2.45, 2.75) is 66.0 Å². The molecule has 13 heavy (non-hydrogen) atoms. The van der Waals surface area contributed by atoms with Crippen LogP contribution in [0.5, 0.6) is 0 Å². The van der Waals surface area contributed by atoms with Gasteiger partial charge in [0.25, 0.3) is 0 Å². The van der Waals surface area contributed by atoms with Crippen molar-refractivity contribution in [3.8, 4) is 0 Å². The summed E-state index contributed by atoms with van der Waals surface area (Å²) in [4.78, 5) is 0. The SMILES string of the molecule is CCC(C)C(C)NC(C)C1(C)CC1. The molecule has 0 aromatic rings. The van der Waals surface area contributed by atoms with Crippen molar-refractivity contribution in [3.05, 3.63) is 0 Å². The van der Waals surface area contributed by atoms with Crippen LogP contribution in [0.25, 0.3) is 0 Å². The summed E-state index contributed by atoms with van der Waals surface area (Å²) in [5.41, 5.74) is 0.613. The van der Waals surface area contributed by atoms with Crippen LogP contribution in [-0.2, 0) is 0 Å². The molecule has 0 radical (unpaired) electrons. The van der Waals surface area contributed by atoms with Crippen LogP contribution in [0.2, 0.25) is 0 Å². The molecule has 1 saturated carbocycles. The van der Waals surface area contributed by atoms with Crippen molar-refractivity contribution in [1.82, 2.24) is 5.32 Å². The predicted octanol–water partition coefficient (Wildman–Crippen LogP) is 3.20. The van der Waals surface area contributed by atoms with Gasteiger partial charge in [-0.3, -0.25) is 0 Å². The fourth-order valence-electron chi connectivity index (χ4n) is 1.74. The van der Waals surface area contributed by atoms with E-state index in [-0.39, 0.29) is 0 Å². The first-order chi connectivity index (χ1) is 5.99. The van der Waals surface area contributed by atoms with E-state index in [1.807, 2.05) is 0 Å². The molecule has 1 nitrogen and oxygen atoms in total. The van der Waals surface area contributed by atoms with Gasteiger partial charge in [-0.1, -0.05) is 27.2 Å². The summed E-state index contributed by atoms with van der Waals surface area (Å²) in [7, 11) is 0. The second-order valence-corrected chi connectivity index (χ2v) is 5.22. The maximum Gasteiger partial charge on any atom is 0.00951 e. The summed E-state index contributed by atoms with van der Waals surface area (Å²) in [6.45, 7) is 11.7. The molecule has 3 atom stereocenters. The van der Waals surface area contributed by atoms with E-state index in [4.69, 9.17) is 0 Å². The van der Waals surface area contributed by atoms with Gasteiger partial charge in [-0.05, 0) is 38.0 Å². The van der Waals surface area contributed by atoms with Gasteiger partial charge < -0.3 is 5.32 Å². The molecule has 1 aliphatic rings. The van der Waals surface area contributed by atoms with Crippen LogP contribution in [0, 0.1) is 11.3 Å². The zero-order chi connectivity index (χ0) is 10.1. The fourth-order valence-corrected chi connectivity index (χ4v) is 1.74. The van der Waals surface area contributed by atoms with Gasteiger partial charge in [0.05, 0.1) is 0 Å². The van der Waals surface area contributed by atoms with Crippen molar-refractivity contribution in [1.29, 1.82) is 0 Å². The highest BCUT2D eigenvalue weighted by atomic mass is 15.0. The van der Waals surface area contributed by atoms with E-state index in [1.165, 1.54) is 19.3 Å². The molecule has 0 amide bonds. The van der Waals surface area contributed by atoms with Gasteiger partial charge in [0.1, 0.15) is 0 Å². The maximum absolute atomic E-state index is 3.73. The lowest BCUT2D eigenvalue weighted by Crippen LogP contribution is -2.42. The molecule has 78 valence electrons. The molecule has 1 aliphatic carbocycles. The van der Waals surface area contributed by atoms with Gasteiger partial charge in [-0.15, -0.1) is 0 Å². The predicted molar refractivity (Wildman–Crippen MR) is 58.9 cm³/mol.